The first-order valence-corrected chi connectivity index (χ1v) is 4.36. The Morgan fingerprint density at radius 1 is 1.36 bits per heavy atom. The first-order chi connectivity index (χ1) is 5.02. The Morgan fingerprint density at radius 2 is 1.91 bits per heavy atom. The van der Waals surface area contributed by atoms with Crippen molar-refractivity contribution >= 4 is 0 Å². The molecular weight excluding hydrogens is 140 g/mol. The lowest BCUT2D eigenvalue weighted by Crippen LogP contribution is -2.37. The predicted octanol–water partition coefficient (Wildman–Crippen LogP) is 1.96. The van der Waals surface area contributed by atoms with E-state index in [2.05, 4.69) is 6.92 Å². The van der Waals surface area contributed by atoms with Gasteiger partial charge in [-0.1, -0.05) is 13.8 Å². The molecule has 0 amide bonds. The van der Waals surface area contributed by atoms with Gasteiger partial charge in [-0.15, -0.1) is 0 Å². The van der Waals surface area contributed by atoms with E-state index >= 15 is 0 Å². The molecule has 68 valence electrons. The van der Waals surface area contributed by atoms with Crippen LogP contribution >= 0.6 is 0 Å². The fourth-order valence-electron chi connectivity index (χ4n) is 1.08. The molecule has 0 aliphatic heterocycles. The van der Waals surface area contributed by atoms with Crippen LogP contribution in [0.25, 0.3) is 0 Å². The Kier molecular flexibility index (Phi) is 4.69. The fourth-order valence-corrected chi connectivity index (χ4v) is 1.08. The molecule has 0 saturated heterocycles. The second kappa shape index (κ2) is 4.73. The molecule has 2 nitrogen and oxygen atoms in total. The van der Waals surface area contributed by atoms with Crippen molar-refractivity contribution in [3.8, 4) is 0 Å². The highest BCUT2D eigenvalue weighted by atomic mass is 16.5. The second-order valence-corrected chi connectivity index (χ2v) is 3.42. The van der Waals surface area contributed by atoms with E-state index in [0.29, 0.717) is 0 Å². The van der Waals surface area contributed by atoms with Crippen LogP contribution in [0.15, 0.2) is 0 Å². The topological polar surface area (TPSA) is 29.5 Å². The molecule has 0 aliphatic rings. The minimum atomic E-state index is -0.704. The zero-order valence-electron chi connectivity index (χ0n) is 8.05. The minimum Gasteiger partial charge on any atom is -0.388 e. The summed E-state index contributed by atoms with van der Waals surface area (Å²) >= 11 is 0. The minimum absolute atomic E-state index is 0.0255. The molecule has 0 aromatic heterocycles. The molecule has 0 aromatic rings. The molecule has 0 aromatic carbocycles. The van der Waals surface area contributed by atoms with Gasteiger partial charge in [-0.05, 0) is 26.7 Å². The highest BCUT2D eigenvalue weighted by Gasteiger charge is 2.25. The van der Waals surface area contributed by atoms with Gasteiger partial charge < -0.3 is 9.84 Å². The first-order valence-electron chi connectivity index (χ1n) is 4.36. The summed E-state index contributed by atoms with van der Waals surface area (Å²) in [4.78, 5) is 0. The summed E-state index contributed by atoms with van der Waals surface area (Å²) < 4.78 is 5.45. The highest BCUT2D eigenvalue weighted by molar-refractivity contribution is 4.76. The molecule has 0 rings (SSSR count). The maximum Gasteiger partial charge on any atom is 0.0853 e. The van der Waals surface area contributed by atoms with E-state index in [1.54, 1.807) is 13.8 Å². The highest BCUT2D eigenvalue weighted by Crippen LogP contribution is 2.15. The van der Waals surface area contributed by atoms with Crippen molar-refractivity contribution in [1.29, 1.82) is 0 Å². The van der Waals surface area contributed by atoms with Crippen molar-refractivity contribution < 1.29 is 9.84 Å². The van der Waals surface area contributed by atoms with Crippen LogP contribution in [0.4, 0.5) is 0 Å². The molecule has 1 N–H and O–H groups in total. The summed E-state index contributed by atoms with van der Waals surface area (Å²) in [5, 5.41) is 9.58. The second-order valence-electron chi connectivity index (χ2n) is 3.42. The van der Waals surface area contributed by atoms with Crippen LogP contribution < -0.4 is 0 Å². The molecular formula is C9H20O2. The van der Waals surface area contributed by atoms with Gasteiger partial charge >= 0.3 is 0 Å². The van der Waals surface area contributed by atoms with Crippen molar-refractivity contribution in [1.82, 2.24) is 0 Å². The van der Waals surface area contributed by atoms with Gasteiger partial charge in [0.25, 0.3) is 0 Å². The molecule has 1 atom stereocenters. The van der Waals surface area contributed by atoms with Crippen LogP contribution in [0, 0.1) is 0 Å². The van der Waals surface area contributed by atoms with Gasteiger partial charge in [0.1, 0.15) is 0 Å². The molecule has 11 heavy (non-hydrogen) atoms. The van der Waals surface area contributed by atoms with Gasteiger partial charge in [0.2, 0.25) is 0 Å². The molecule has 1 unspecified atom stereocenters. The largest absolute Gasteiger partial charge is 0.388 e. The smallest absolute Gasteiger partial charge is 0.0853 e. The summed E-state index contributed by atoms with van der Waals surface area (Å²) in [5.74, 6) is 0. The summed E-state index contributed by atoms with van der Waals surface area (Å²) in [7, 11) is 0. The predicted molar refractivity (Wildman–Crippen MR) is 46.6 cm³/mol. The lowest BCUT2D eigenvalue weighted by atomic mass is 10.00. The van der Waals surface area contributed by atoms with E-state index in [0.717, 1.165) is 19.4 Å². The molecule has 0 spiro atoms. The monoisotopic (exact) mass is 160 g/mol. The number of rotatable bonds is 5. The average Bonchev–Trinajstić information content (AvgIpc) is 1.87. The van der Waals surface area contributed by atoms with Gasteiger partial charge in [-0.3, -0.25) is 0 Å². The lowest BCUT2D eigenvalue weighted by Gasteiger charge is -2.28. The van der Waals surface area contributed by atoms with E-state index in [1.165, 1.54) is 0 Å². The standard InChI is InChI=1S/C9H20O2/c1-5-7-11-8(6-2)9(3,4)10/h8,10H,5-7H2,1-4H3. The van der Waals surface area contributed by atoms with Gasteiger partial charge in [-0.25, -0.2) is 0 Å². The summed E-state index contributed by atoms with van der Waals surface area (Å²) in [6, 6.07) is 0. The van der Waals surface area contributed by atoms with Crippen LogP contribution in [-0.4, -0.2) is 23.4 Å². The van der Waals surface area contributed by atoms with Crippen LogP contribution in [0.1, 0.15) is 40.5 Å². The van der Waals surface area contributed by atoms with Gasteiger partial charge in [-0.2, -0.15) is 0 Å². The van der Waals surface area contributed by atoms with E-state index in [9.17, 15) is 5.11 Å². The number of aliphatic hydroxyl groups is 1. The third-order valence-corrected chi connectivity index (χ3v) is 1.68. The molecule has 0 radical (unpaired) electrons. The zero-order chi connectivity index (χ0) is 8.91. The number of ether oxygens (including phenoxy) is 1. The zero-order valence-corrected chi connectivity index (χ0v) is 8.05. The van der Waals surface area contributed by atoms with Crippen LogP contribution in [-0.2, 0) is 4.74 Å². The van der Waals surface area contributed by atoms with Crippen LogP contribution in [0.2, 0.25) is 0 Å². The summed E-state index contributed by atoms with van der Waals surface area (Å²) in [6.07, 6.45) is 1.85. The number of hydrogen-bond donors (Lipinski definition) is 1. The Bertz CT molecular complexity index is 94.2. The third-order valence-electron chi connectivity index (χ3n) is 1.68. The van der Waals surface area contributed by atoms with Crippen LogP contribution in [0.3, 0.4) is 0 Å². The number of hydrogen-bond acceptors (Lipinski definition) is 2. The SMILES string of the molecule is CCCOC(CC)C(C)(C)O. The third kappa shape index (κ3) is 4.38. The van der Waals surface area contributed by atoms with E-state index in [-0.39, 0.29) is 6.10 Å². The van der Waals surface area contributed by atoms with Gasteiger partial charge in [0, 0.05) is 6.61 Å². The summed E-state index contributed by atoms with van der Waals surface area (Å²) in [5.41, 5.74) is -0.704. The Labute approximate surface area is 69.6 Å². The maximum absolute atomic E-state index is 9.58. The van der Waals surface area contributed by atoms with E-state index in [4.69, 9.17) is 4.74 Å². The molecule has 0 heterocycles. The van der Waals surface area contributed by atoms with E-state index < -0.39 is 5.60 Å². The maximum atomic E-state index is 9.58. The molecule has 0 aliphatic carbocycles. The van der Waals surface area contributed by atoms with Crippen molar-refractivity contribution in [3.63, 3.8) is 0 Å². The van der Waals surface area contributed by atoms with Gasteiger partial charge in [0.15, 0.2) is 0 Å². The van der Waals surface area contributed by atoms with E-state index in [1.807, 2.05) is 6.92 Å². The quantitative estimate of drug-likeness (QED) is 0.666. The average molecular weight is 160 g/mol. The molecule has 0 saturated carbocycles. The van der Waals surface area contributed by atoms with Gasteiger partial charge in [0.05, 0.1) is 11.7 Å². The van der Waals surface area contributed by atoms with Crippen molar-refractivity contribution in [2.24, 2.45) is 0 Å². The van der Waals surface area contributed by atoms with Crippen molar-refractivity contribution in [2.75, 3.05) is 6.61 Å². The lowest BCUT2D eigenvalue weighted by molar-refractivity contribution is -0.0891. The Morgan fingerprint density at radius 3 is 2.18 bits per heavy atom. The van der Waals surface area contributed by atoms with Crippen molar-refractivity contribution in [3.05, 3.63) is 0 Å². The molecule has 0 bridgehead atoms. The Balaban J connectivity index is 3.76. The van der Waals surface area contributed by atoms with Crippen LogP contribution in [0.5, 0.6) is 0 Å². The summed E-state index contributed by atoms with van der Waals surface area (Å²) in [6.45, 7) is 8.41. The Hall–Kier alpha value is -0.0800. The molecule has 2 heteroatoms. The molecule has 0 fully saturated rings. The normalized spacial score (nSPS) is 15.0. The fraction of sp³-hybridized carbons (Fsp3) is 1.00. The first kappa shape index (κ1) is 10.9. The van der Waals surface area contributed by atoms with Crippen molar-refractivity contribution in [2.45, 2.75) is 52.2 Å².